The van der Waals surface area contributed by atoms with Crippen molar-refractivity contribution in [3.8, 4) is 0 Å². The molecule has 1 rings (SSSR count). The number of rotatable bonds is 3. The van der Waals surface area contributed by atoms with Crippen molar-refractivity contribution in [3.63, 3.8) is 0 Å². The number of aliphatic hydroxyl groups excluding tert-OH is 1. The van der Waals surface area contributed by atoms with Gasteiger partial charge in [0.2, 0.25) is 0 Å². The Bertz CT molecular complexity index is 378. The van der Waals surface area contributed by atoms with E-state index >= 15 is 0 Å². The van der Waals surface area contributed by atoms with E-state index in [4.69, 9.17) is 0 Å². The molecule has 2 N–H and O–H groups in total. The highest BCUT2D eigenvalue weighted by Crippen LogP contribution is 2.35. The second kappa shape index (κ2) is 5.03. The van der Waals surface area contributed by atoms with Gasteiger partial charge in [0.05, 0.1) is 0 Å². The van der Waals surface area contributed by atoms with Crippen molar-refractivity contribution >= 4 is 11.5 Å². The minimum Gasteiger partial charge on any atom is -0.511 e. The van der Waals surface area contributed by atoms with Crippen LogP contribution in [0.3, 0.4) is 0 Å². The SMILES string of the molecule is CC[C@H](C)[NH+]=C(C)C1=C(O)CC(C)(C)CC1=O. The molecule has 17 heavy (non-hydrogen) atoms. The lowest BCUT2D eigenvalue weighted by molar-refractivity contribution is -0.498. The molecule has 0 aromatic heterocycles. The summed E-state index contributed by atoms with van der Waals surface area (Å²) >= 11 is 0. The molecule has 3 nitrogen and oxygen atoms in total. The molecule has 0 fully saturated rings. The van der Waals surface area contributed by atoms with Crippen LogP contribution in [0.1, 0.15) is 53.9 Å². The van der Waals surface area contributed by atoms with Crippen LogP contribution in [0.15, 0.2) is 11.3 Å². The molecule has 1 atom stereocenters. The fraction of sp³-hybridized carbons (Fsp3) is 0.714. The zero-order valence-electron chi connectivity index (χ0n) is 11.6. The predicted molar refractivity (Wildman–Crippen MR) is 69.1 cm³/mol. The number of allylic oxidation sites excluding steroid dienone is 2. The van der Waals surface area contributed by atoms with Gasteiger partial charge in [-0.3, -0.25) is 4.79 Å². The van der Waals surface area contributed by atoms with Gasteiger partial charge in [0.1, 0.15) is 17.4 Å². The topological polar surface area (TPSA) is 51.3 Å². The Labute approximate surface area is 104 Å². The van der Waals surface area contributed by atoms with Crippen LogP contribution in [0.5, 0.6) is 0 Å². The molecule has 0 amide bonds. The molecule has 0 saturated heterocycles. The van der Waals surface area contributed by atoms with E-state index in [2.05, 4.69) is 18.8 Å². The maximum Gasteiger partial charge on any atom is 0.185 e. The molecule has 0 aromatic carbocycles. The molecular weight excluding hydrogens is 214 g/mol. The molecule has 0 saturated carbocycles. The number of ketones is 1. The second-order valence-corrected chi connectivity index (χ2v) is 5.84. The summed E-state index contributed by atoms with van der Waals surface area (Å²) in [5.41, 5.74) is 1.18. The monoisotopic (exact) mass is 238 g/mol. The summed E-state index contributed by atoms with van der Waals surface area (Å²) in [4.78, 5) is 15.3. The third kappa shape index (κ3) is 3.42. The number of hydrogen-bond acceptors (Lipinski definition) is 2. The fourth-order valence-corrected chi connectivity index (χ4v) is 2.26. The Morgan fingerprint density at radius 2 is 2.06 bits per heavy atom. The van der Waals surface area contributed by atoms with E-state index in [1.165, 1.54) is 0 Å². The van der Waals surface area contributed by atoms with Crippen LogP contribution in [-0.2, 0) is 4.79 Å². The summed E-state index contributed by atoms with van der Waals surface area (Å²) in [5.74, 6) is 0.284. The zero-order chi connectivity index (χ0) is 13.2. The minimum atomic E-state index is -0.124. The highest BCUT2D eigenvalue weighted by molar-refractivity contribution is 6.20. The Morgan fingerprint density at radius 1 is 1.47 bits per heavy atom. The predicted octanol–water partition coefficient (Wildman–Crippen LogP) is 1.53. The molecule has 3 heteroatoms. The van der Waals surface area contributed by atoms with Gasteiger partial charge in [-0.1, -0.05) is 20.8 Å². The Hall–Kier alpha value is -1.12. The van der Waals surface area contributed by atoms with Crippen molar-refractivity contribution in [2.24, 2.45) is 5.41 Å². The van der Waals surface area contributed by atoms with E-state index in [0.29, 0.717) is 24.5 Å². The molecule has 0 unspecified atom stereocenters. The van der Waals surface area contributed by atoms with Gasteiger partial charge >= 0.3 is 0 Å². The molecule has 1 aliphatic rings. The van der Waals surface area contributed by atoms with Crippen molar-refractivity contribution in [3.05, 3.63) is 11.3 Å². The summed E-state index contributed by atoms with van der Waals surface area (Å²) in [5, 5.41) is 10.0. The largest absolute Gasteiger partial charge is 0.511 e. The average Bonchev–Trinajstić information content (AvgIpc) is 2.13. The van der Waals surface area contributed by atoms with Crippen LogP contribution >= 0.6 is 0 Å². The van der Waals surface area contributed by atoms with Crippen LogP contribution in [0.4, 0.5) is 0 Å². The van der Waals surface area contributed by atoms with Crippen molar-refractivity contribution in [2.75, 3.05) is 0 Å². The van der Waals surface area contributed by atoms with E-state index in [0.717, 1.165) is 12.1 Å². The highest BCUT2D eigenvalue weighted by atomic mass is 16.3. The zero-order valence-corrected chi connectivity index (χ0v) is 11.6. The first-order valence-electron chi connectivity index (χ1n) is 6.32. The van der Waals surface area contributed by atoms with Crippen LogP contribution < -0.4 is 4.99 Å². The first-order chi connectivity index (χ1) is 7.76. The van der Waals surface area contributed by atoms with E-state index < -0.39 is 0 Å². The Kier molecular flexibility index (Phi) is 4.12. The molecule has 0 spiro atoms. The van der Waals surface area contributed by atoms with E-state index in [1.54, 1.807) is 0 Å². The second-order valence-electron chi connectivity index (χ2n) is 5.84. The van der Waals surface area contributed by atoms with Crippen molar-refractivity contribution in [1.29, 1.82) is 0 Å². The van der Waals surface area contributed by atoms with Crippen molar-refractivity contribution in [1.82, 2.24) is 0 Å². The minimum absolute atomic E-state index is 0.0482. The molecular formula is C14H24NO2+. The van der Waals surface area contributed by atoms with Crippen LogP contribution in [0.25, 0.3) is 0 Å². The van der Waals surface area contributed by atoms with Crippen LogP contribution in [0, 0.1) is 5.41 Å². The van der Waals surface area contributed by atoms with Crippen molar-refractivity contribution in [2.45, 2.75) is 59.9 Å². The summed E-state index contributed by atoms with van der Waals surface area (Å²) in [6.45, 7) is 10.0. The molecule has 96 valence electrons. The van der Waals surface area contributed by atoms with Gasteiger partial charge in [-0.05, 0) is 12.3 Å². The number of hydrogen-bond donors (Lipinski definition) is 2. The highest BCUT2D eigenvalue weighted by Gasteiger charge is 2.35. The van der Waals surface area contributed by atoms with Gasteiger partial charge in [-0.2, -0.15) is 0 Å². The number of carbonyl (C=O) groups excluding carboxylic acids is 1. The Morgan fingerprint density at radius 3 is 2.53 bits per heavy atom. The number of aliphatic hydroxyl groups is 1. The van der Waals surface area contributed by atoms with Crippen LogP contribution in [-0.4, -0.2) is 22.6 Å². The van der Waals surface area contributed by atoms with Gasteiger partial charge in [0, 0.05) is 26.2 Å². The van der Waals surface area contributed by atoms with Crippen molar-refractivity contribution < 1.29 is 14.9 Å². The molecule has 0 aliphatic heterocycles. The molecule has 0 aromatic rings. The normalized spacial score (nSPS) is 22.9. The molecule has 0 heterocycles. The smallest absolute Gasteiger partial charge is 0.185 e. The molecule has 0 bridgehead atoms. The quantitative estimate of drug-likeness (QED) is 0.733. The number of nitrogens with one attached hydrogen (secondary N) is 1. The molecule has 0 radical (unpaired) electrons. The lowest BCUT2D eigenvalue weighted by Gasteiger charge is -2.28. The Balaban J connectivity index is 3.05. The van der Waals surface area contributed by atoms with Gasteiger partial charge in [0.15, 0.2) is 11.5 Å². The number of carbonyl (C=O) groups is 1. The number of Topliss-reactive ketones (excluding diaryl/α,β-unsaturated/α-hetero) is 1. The maximum absolute atomic E-state index is 12.1. The third-order valence-electron chi connectivity index (χ3n) is 3.30. The van der Waals surface area contributed by atoms with Gasteiger partial charge in [-0.25, -0.2) is 4.99 Å². The average molecular weight is 238 g/mol. The lowest BCUT2D eigenvalue weighted by Crippen LogP contribution is -2.78. The van der Waals surface area contributed by atoms with Gasteiger partial charge < -0.3 is 5.11 Å². The first-order valence-corrected chi connectivity index (χ1v) is 6.32. The van der Waals surface area contributed by atoms with Crippen LogP contribution in [0.2, 0.25) is 0 Å². The molecule has 1 aliphatic carbocycles. The third-order valence-corrected chi connectivity index (χ3v) is 3.30. The van der Waals surface area contributed by atoms with E-state index in [1.807, 2.05) is 20.8 Å². The summed E-state index contributed by atoms with van der Waals surface area (Å²) in [7, 11) is 0. The summed E-state index contributed by atoms with van der Waals surface area (Å²) in [6, 6.07) is 0.318. The maximum atomic E-state index is 12.1. The van der Waals surface area contributed by atoms with E-state index in [-0.39, 0.29) is 17.0 Å². The van der Waals surface area contributed by atoms with Gasteiger partial charge in [0.25, 0.3) is 0 Å². The summed E-state index contributed by atoms with van der Waals surface area (Å²) < 4.78 is 0. The summed E-state index contributed by atoms with van der Waals surface area (Å²) in [6.07, 6.45) is 2.07. The standard InChI is InChI=1S/C14H23NO2/c1-6-9(2)15-10(3)13-11(16)7-14(4,5)8-12(13)17/h9,16H,6-8H2,1-5H3/p+1/t9-/m0/s1. The van der Waals surface area contributed by atoms with E-state index in [9.17, 15) is 9.90 Å². The fourth-order valence-electron chi connectivity index (χ4n) is 2.26. The lowest BCUT2D eigenvalue weighted by atomic mass is 9.76. The van der Waals surface area contributed by atoms with Gasteiger partial charge in [-0.15, -0.1) is 0 Å². The first kappa shape index (κ1) is 13.9.